The highest BCUT2D eigenvalue weighted by atomic mass is 16.6. The molecule has 18 heavy (non-hydrogen) atoms. The highest BCUT2D eigenvalue weighted by Gasteiger charge is 2.21. The lowest BCUT2D eigenvalue weighted by molar-refractivity contribution is -0.422. The number of carboxylic acid groups (broad SMARTS) is 1. The van der Waals surface area contributed by atoms with Crippen molar-refractivity contribution in [1.29, 1.82) is 0 Å². The molecule has 8 nitrogen and oxygen atoms in total. The molecule has 1 aromatic carbocycles. The molecule has 0 aliphatic heterocycles. The summed E-state index contributed by atoms with van der Waals surface area (Å²) in [5, 5.41) is 28.3. The maximum Gasteiger partial charge on any atom is 0.346 e. The van der Waals surface area contributed by atoms with E-state index >= 15 is 0 Å². The first-order valence-electron chi connectivity index (χ1n) is 4.63. The predicted molar refractivity (Wildman–Crippen MR) is 62.2 cm³/mol. The number of hydrogen-bond acceptors (Lipinski definition) is 5. The normalized spacial score (nSPS) is 9.39. The molecule has 0 heterocycles. The van der Waals surface area contributed by atoms with Crippen molar-refractivity contribution in [2.45, 2.75) is 6.92 Å². The number of aliphatic carboxylic acids is 1. The van der Waals surface area contributed by atoms with Gasteiger partial charge in [0.05, 0.1) is 9.85 Å². The first kappa shape index (κ1) is 15.2. The minimum atomic E-state index is -0.891. The molecule has 0 radical (unpaired) electrons. The monoisotopic (exact) mass is 254 g/mol. The van der Waals surface area contributed by atoms with Gasteiger partial charge in [0.25, 0.3) is 0 Å². The maximum atomic E-state index is 10.2. The second kappa shape index (κ2) is 7.49. The van der Waals surface area contributed by atoms with Crippen LogP contribution in [0, 0.1) is 20.2 Å². The largest absolute Gasteiger partial charge is 0.478 e. The van der Waals surface area contributed by atoms with Gasteiger partial charge < -0.3 is 5.11 Å². The molecule has 0 spiro atoms. The van der Waals surface area contributed by atoms with Crippen LogP contribution >= 0.6 is 0 Å². The molecule has 1 aromatic rings. The Bertz CT molecular complexity index is 450. The third-order valence-electron chi connectivity index (χ3n) is 1.58. The highest BCUT2D eigenvalue weighted by Crippen LogP contribution is 2.24. The van der Waals surface area contributed by atoms with E-state index in [2.05, 4.69) is 0 Å². The lowest BCUT2D eigenvalue weighted by atomic mass is 10.3. The average molecular weight is 254 g/mol. The van der Waals surface area contributed by atoms with E-state index in [0.717, 1.165) is 18.2 Å². The Morgan fingerprint density at radius 2 is 1.56 bits per heavy atom. The Balaban J connectivity index is 0.000000411. The van der Waals surface area contributed by atoms with Crippen LogP contribution in [0.1, 0.15) is 6.92 Å². The summed E-state index contributed by atoms with van der Waals surface area (Å²) in [6.07, 6.45) is 2.56. The van der Waals surface area contributed by atoms with Crippen LogP contribution in [0.2, 0.25) is 0 Å². The van der Waals surface area contributed by atoms with E-state index in [1.165, 1.54) is 18.2 Å². The minimum Gasteiger partial charge on any atom is -0.478 e. The van der Waals surface area contributed by atoms with Crippen LogP contribution in [0.4, 0.5) is 11.4 Å². The Kier molecular flexibility index (Phi) is 6.34. The summed E-state index contributed by atoms with van der Waals surface area (Å²) < 4.78 is 0. The number of para-hydroxylation sites is 2. The Morgan fingerprint density at radius 1 is 1.17 bits per heavy atom. The van der Waals surface area contributed by atoms with Crippen LogP contribution in [-0.4, -0.2) is 20.9 Å². The van der Waals surface area contributed by atoms with Crippen molar-refractivity contribution in [2.75, 3.05) is 0 Å². The van der Waals surface area contributed by atoms with E-state index in [-0.39, 0.29) is 0 Å². The zero-order valence-corrected chi connectivity index (χ0v) is 9.35. The summed E-state index contributed by atoms with van der Waals surface area (Å²) >= 11 is 0. The zero-order valence-electron chi connectivity index (χ0n) is 9.35. The number of carboxylic acids is 1. The lowest BCUT2D eigenvalue weighted by Gasteiger charge is -1.91. The van der Waals surface area contributed by atoms with Crippen LogP contribution in [0.15, 0.2) is 36.4 Å². The van der Waals surface area contributed by atoms with Gasteiger partial charge in [0.1, 0.15) is 0 Å². The number of nitro groups is 2. The molecular weight excluding hydrogens is 244 g/mol. The molecule has 0 bridgehead atoms. The van der Waals surface area contributed by atoms with Crippen molar-refractivity contribution in [3.05, 3.63) is 56.6 Å². The zero-order chi connectivity index (χ0) is 14.1. The number of nitrogens with zero attached hydrogens (tertiary/aromatic N) is 2. The van der Waals surface area contributed by atoms with Gasteiger partial charge in [-0.1, -0.05) is 18.2 Å². The fraction of sp³-hybridized carbons (Fsp3) is 0.100. The molecule has 1 N–H and O–H groups in total. The molecule has 1 rings (SSSR count). The third-order valence-corrected chi connectivity index (χ3v) is 1.58. The van der Waals surface area contributed by atoms with E-state index in [9.17, 15) is 25.0 Å². The molecule has 0 aliphatic carbocycles. The van der Waals surface area contributed by atoms with Gasteiger partial charge in [0, 0.05) is 18.2 Å². The summed E-state index contributed by atoms with van der Waals surface area (Å²) in [4.78, 5) is 28.4. The molecule has 0 fully saturated rings. The quantitative estimate of drug-likeness (QED) is 0.500. The van der Waals surface area contributed by atoms with Gasteiger partial charge in [-0.3, -0.25) is 20.2 Å². The highest BCUT2D eigenvalue weighted by molar-refractivity contribution is 5.79. The molecule has 96 valence electrons. The molecular formula is C10H10N2O6. The van der Waals surface area contributed by atoms with Gasteiger partial charge in [-0.05, 0) is 6.92 Å². The molecule has 0 atom stereocenters. The van der Waals surface area contributed by atoms with E-state index in [4.69, 9.17) is 5.11 Å². The van der Waals surface area contributed by atoms with Crippen LogP contribution in [-0.2, 0) is 4.79 Å². The van der Waals surface area contributed by atoms with Crippen molar-refractivity contribution >= 4 is 17.3 Å². The summed E-state index contributed by atoms with van der Waals surface area (Å²) in [7, 11) is 0. The summed E-state index contributed by atoms with van der Waals surface area (Å²) in [6, 6.07) is 4.95. The third kappa shape index (κ3) is 5.35. The number of rotatable bonds is 3. The smallest absolute Gasteiger partial charge is 0.346 e. The molecule has 0 aliphatic rings. The topological polar surface area (TPSA) is 124 Å². The van der Waals surface area contributed by atoms with Gasteiger partial charge in [-0.25, -0.2) is 4.79 Å². The molecule has 0 amide bonds. The SMILES string of the molecule is C/C=C/C(=O)O.O=[N+]([O-])c1ccccc1[N+](=O)[O-]. The number of carbonyl (C=O) groups is 1. The van der Waals surface area contributed by atoms with Crippen LogP contribution in [0.3, 0.4) is 0 Å². The number of benzene rings is 1. The second-order valence-electron chi connectivity index (χ2n) is 2.84. The average Bonchev–Trinajstić information content (AvgIpc) is 2.29. The van der Waals surface area contributed by atoms with Crippen molar-refractivity contribution in [3.63, 3.8) is 0 Å². The van der Waals surface area contributed by atoms with Crippen molar-refractivity contribution in [3.8, 4) is 0 Å². The molecule has 8 heteroatoms. The first-order chi connectivity index (χ1) is 8.40. The number of nitro benzene ring substituents is 2. The van der Waals surface area contributed by atoms with Gasteiger partial charge in [-0.15, -0.1) is 0 Å². The lowest BCUT2D eigenvalue weighted by Crippen LogP contribution is -1.95. The van der Waals surface area contributed by atoms with Crippen LogP contribution < -0.4 is 0 Å². The molecule has 0 saturated heterocycles. The second-order valence-corrected chi connectivity index (χ2v) is 2.84. The Hall–Kier alpha value is -2.77. The van der Waals surface area contributed by atoms with E-state index < -0.39 is 27.2 Å². The van der Waals surface area contributed by atoms with E-state index in [1.54, 1.807) is 6.92 Å². The van der Waals surface area contributed by atoms with Crippen LogP contribution in [0.25, 0.3) is 0 Å². The van der Waals surface area contributed by atoms with Gasteiger partial charge >= 0.3 is 17.3 Å². The van der Waals surface area contributed by atoms with Crippen molar-refractivity contribution in [1.82, 2.24) is 0 Å². The molecule has 0 aromatic heterocycles. The van der Waals surface area contributed by atoms with Crippen molar-refractivity contribution < 1.29 is 19.7 Å². The number of hydrogen-bond donors (Lipinski definition) is 1. The standard InChI is InChI=1S/C6H4N2O4.C4H6O2/c9-7(10)5-3-1-2-4-6(5)8(11)12;1-2-3-4(5)6/h1-4H;2-3H,1H3,(H,5,6)/b;3-2+. The van der Waals surface area contributed by atoms with E-state index in [1.807, 2.05) is 0 Å². The van der Waals surface area contributed by atoms with E-state index in [0.29, 0.717) is 0 Å². The minimum absolute atomic E-state index is 0.484. The summed E-state index contributed by atoms with van der Waals surface area (Å²) in [5.74, 6) is -0.891. The first-order valence-corrected chi connectivity index (χ1v) is 4.63. The fourth-order valence-electron chi connectivity index (χ4n) is 0.916. The summed E-state index contributed by atoms with van der Waals surface area (Å²) in [6.45, 7) is 1.66. The Morgan fingerprint density at radius 3 is 1.72 bits per heavy atom. The van der Waals surface area contributed by atoms with Gasteiger partial charge in [-0.2, -0.15) is 0 Å². The predicted octanol–water partition coefficient (Wildman–Crippen LogP) is 2.15. The van der Waals surface area contributed by atoms with Gasteiger partial charge in [0.2, 0.25) is 0 Å². The Labute approximate surface area is 101 Å². The van der Waals surface area contributed by atoms with Crippen LogP contribution in [0.5, 0.6) is 0 Å². The molecule has 0 saturated carbocycles. The fourth-order valence-corrected chi connectivity index (χ4v) is 0.916. The number of allylic oxidation sites excluding steroid dienone is 1. The van der Waals surface area contributed by atoms with Crippen molar-refractivity contribution in [2.24, 2.45) is 0 Å². The van der Waals surface area contributed by atoms with Gasteiger partial charge in [0.15, 0.2) is 0 Å². The molecule has 0 unspecified atom stereocenters. The summed E-state index contributed by atoms with van der Waals surface area (Å²) in [5.41, 5.74) is -0.968. The maximum absolute atomic E-state index is 10.2.